The molecule has 0 fully saturated rings. The van der Waals surface area contributed by atoms with E-state index in [0.717, 1.165) is 141 Å². The minimum atomic E-state index is -0.794. The zero-order chi connectivity index (χ0) is 57.1. The first-order valence-electron chi connectivity index (χ1n) is 33.0. The van der Waals surface area contributed by atoms with Crippen LogP contribution in [0.4, 0.5) is 0 Å². The van der Waals surface area contributed by atoms with E-state index in [9.17, 15) is 14.4 Å². The Kier molecular flexibility index (Phi) is 62.8. The third-order valence-corrected chi connectivity index (χ3v) is 13.9. The van der Waals surface area contributed by atoms with Crippen LogP contribution in [-0.4, -0.2) is 37.2 Å². The van der Waals surface area contributed by atoms with Gasteiger partial charge in [-0.3, -0.25) is 14.4 Å². The van der Waals surface area contributed by atoms with Crippen LogP contribution < -0.4 is 0 Å². The summed E-state index contributed by atoms with van der Waals surface area (Å²) in [6.45, 7) is 6.41. The second kappa shape index (κ2) is 66.3. The topological polar surface area (TPSA) is 78.9 Å². The molecule has 0 aliphatic carbocycles. The lowest BCUT2D eigenvalue weighted by molar-refractivity contribution is -0.167. The molecule has 79 heavy (non-hydrogen) atoms. The molecule has 0 amide bonds. The largest absolute Gasteiger partial charge is 0.462 e. The summed E-state index contributed by atoms with van der Waals surface area (Å²) < 4.78 is 16.9. The van der Waals surface area contributed by atoms with Gasteiger partial charge < -0.3 is 14.2 Å². The van der Waals surface area contributed by atoms with Crippen molar-refractivity contribution in [3.8, 4) is 0 Å². The molecule has 0 saturated carbocycles. The fourth-order valence-electron chi connectivity index (χ4n) is 9.04. The molecule has 0 saturated heterocycles. The first kappa shape index (κ1) is 74.8. The second-order valence-corrected chi connectivity index (χ2v) is 21.6. The van der Waals surface area contributed by atoms with Crippen molar-refractivity contribution in [1.82, 2.24) is 0 Å². The van der Waals surface area contributed by atoms with Gasteiger partial charge in [0.2, 0.25) is 0 Å². The molecule has 6 nitrogen and oxygen atoms in total. The molecule has 0 heterocycles. The summed E-state index contributed by atoms with van der Waals surface area (Å²) in [7, 11) is 0. The van der Waals surface area contributed by atoms with Crippen LogP contribution in [0.3, 0.4) is 0 Å². The number of unbranched alkanes of at least 4 members (excludes halogenated alkanes) is 28. The van der Waals surface area contributed by atoms with E-state index < -0.39 is 6.10 Å². The van der Waals surface area contributed by atoms with Crippen LogP contribution in [0.15, 0.2) is 122 Å². The van der Waals surface area contributed by atoms with Crippen molar-refractivity contribution in [3.05, 3.63) is 122 Å². The molecule has 1 atom stereocenters. The van der Waals surface area contributed by atoms with Crippen LogP contribution in [0.25, 0.3) is 0 Å². The summed E-state index contributed by atoms with van der Waals surface area (Å²) in [6.07, 6.45) is 92.0. The molecule has 1 unspecified atom stereocenters. The second-order valence-electron chi connectivity index (χ2n) is 21.6. The minimum absolute atomic E-state index is 0.0903. The van der Waals surface area contributed by atoms with Gasteiger partial charge in [-0.1, -0.05) is 277 Å². The van der Waals surface area contributed by atoms with Gasteiger partial charge in [-0.05, 0) is 128 Å². The predicted molar refractivity (Wildman–Crippen MR) is 343 cm³/mol. The lowest BCUT2D eigenvalue weighted by Gasteiger charge is -2.18. The summed E-state index contributed by atoms with van der Waals surface area (Å²) >= 11 is 0. The van der Waals surface area contributed by atoms with E-state index in [0.29, 0.717) is 19.3 Å². The lowest BCUT2D eigenvalue weighted by Crippen LogP contribution is -2.30. The number of esters is 3. The first-order chi connectivity index (χ1) is 39.0. The summed E-state index contributed by atoms with van der Waals surface area (Å²) in [5, 5.41) is 0. The van der Waals surface area contributed by atoms with Crippen molar-refractivity contribution in [2.45, 2.75) is 309 Å². The van der Waals surface area contributed by atoms with Crippen molar-refractivity contribution in [1.29, 1.82) is 0 Å². The van der Waals surface area contributed by atoms with Gasteiger partial charge in [-0.2, -0.15) is 0 Å². The zero-order valence-electron chi connectivity index (χ0n) is 51.6. The van der Waals surface area contributed by atoms with Gasteiger partial charge >= 0.3 is 17.9 Å². The zero-order valence-corrected chi connectivity index (χ0v) is 51.6. The van der Waals surface area contributed by atoms with Crippen molar-refractivity contribution in [2.24, 2.45) is 0 Å². The van der Waals surface area contributed by atoms with E-state index in [1.54, 1.807) is 0 Å². The van der Waals surface area contributed by atoms with Crippen molar-refractivity contribution >= 4 is 17.9 Å². The normalized spacial score (nSPS) is 12.9. The Balaban J connectivity index is 4.38. The van der Waals surface area contributed by atoms with Crippen LogP contribution >= 0.6 is 0 Å². The molecule has 0 aliphatic rings. The van der Waals surface area contributed by atoms with E-state index in [1.807, 2.05) is 0 Å². The lowest BCUT2D eigenvalue weighted by atomic mass is 10.1. The highest BCUT2D eigenvalue weighted by molar-refractivity contribution is 5.71. The summed E-state index contributed by atoms with van der Waals surface area (Å²) in [4.78, 5) is 38.4. The minimum Gasteiger partial charge on any atom is -0.462 e. The van der Waals surface area contributed by atoms with Gasteiger partial charge in [0, 0.05) is 19.3 Å². The van der Waals surface area contributed by atoms with E-state index >= 15 is 0 Å². The summed E-state index contributed by atoms with van der Waals surface area (Å²) in [6, 6.07) is 0. The summed E-state index contributed by atoms with van der Waals surface area (Å²) in [5.41, 5.74) is 0. The maximum absolute atomic E-state index is 12.9. The van der Waals surface area contributed by atoms with Gasteiger partial charge in [0.15, 0.2) is 6.10 Å². The Hall–Kier alpha value is -4.19. The fraction of sp³-hybridized carbons (Fsp3) is 0.685. The number of hydrogen-bond donors (Lipinski definition) is 0. The number of ether oxygens (including phenoxy) is 3. The van der Waals surface area contributed by atoms with E-state index in [-0.39, 0.29) is 31.1 Å². The summed E-state index contributed by atoms with van der Waals surface area (Å²) in [5.74, 6) is -0.910. The standard InChI is InChI=1S/C73H122O6/c1-4-7-10-13-16-19-22-25-28-30-32-33-34-35-36-37-38-39-41-42-45-48-51-54-57-60-63-66-72(75)78-69-70(68-77-71(74)65-62-59-56-53-50-47-44-27-24-21-18-15-12-9-6-3)79-73(76)67-64-61-58-55-52-49-46-43-40-31-29-26-23-20-17-14-11-8-5-2/h7,9-10,12,16,18-19,21,25-29,32-33,35-36,38-39,44,70H,4-6,8,11,13-15,17,20,22-24,30-31,34,37,40-43,45-69H2,1-3H3/b10-7-,12-9-,19-16-,21-18-,28-25-,29-26-,33-32-,36-35-,39-38-,44-27-. The smallest absolute Gasteiger partial charge is 0.306 e. The molecular formula is C73H122O6. The molecule has 0 radical (unpaired) electrons. The molecule has 0 rings (SSSR count). The first-order valence-corrected chi connectivity index (χ1v) is 33.0. The number of rotatable bonds is 59. The van der Waals surface area contributed by atoms with E-state index in [2.05, 4.69) is 142 Å². The van der Waals surface area contributed by atoms with Crippen LogP contribution in [0.5, 0.6) is 0 Å². The SMILES string of the molecule is CC/C=C\C/C=C\C/C=C\C/C=C\C/C=C\C/C=C\CCCCCCCCCCC(=O)OCC(COC(=O)CCCCCCC/C=C\C/C=C\C/C=C\CC)OC(=O)CCCCCCCCCCC/C=C\CCCCCCCC. The maximum Gasteiger partial charge on any atom is 0.306 e. The number of carbonyl (C=O) groups excluding carboxylic acids is 3. The molecule has 0 spiro atoms. The highest BCUT2D eigenvalue weighted by atomic mass is 16.6. The van der Waals surface area contributed by atoms with E-state index in [4.69, 9.17) is 14.2 Å². The molecule has 0 bridgehead atoms. The number of carbonyl (C=O) groups is 3. The van der Waals surface area contributed by atoms with Gasteiger partial charge in [0.25, 0.3) is 0 Å². The van der Waals surface area contributed by atoms with Crippen molar-refractivity contribution in [3.63, 3.8) is 0 Å². The average molecular weight is 1100 g/mol. The molecule has 0 N–H and O–H groups in total. The van der Waals surface area contributed by atoms with Gasteiger partial charge in [-0.25, -0.2) is 0 Å². The molecule has 0 aromatic rings. The third-order valence-electron chi connectivity index (χ3n) is 13.9. The van der Waals surface area contributed by atoms with Gasteiger partial charge in [0.05, 0.1) is 0 Å². The Morgan fingerprint density at radius 2 is 0.494 bits per heavy atom. The van der Waals surface area contributed by atoms with Crippen molar-refractivity contribution in [2.75, 3.05) is 13.2 Å². The Labute approximate surface area is 488 Å². The number of hydrogen-bond acceptors (Lipinski definition) is 6. The monoisotopic (exact) mass is 1090 g/mol. The Morgan fingerprint density at radius 3 is 0.785 bits per heavy atom. The maximum atomic E-state index is 12.9. The highest BCUT2D eigenvalue weighted by Gasteiger charge is 2.19. The van der Waals surface area contributed by atoms with Crippen LogP contribution in [0, 0.1) is 0 Å². The quantitative estimate of drug-likeness (QED) is 0.0261. The number of allylic oxidation sites excluding steroid dienone is 20. The Bertz CT molecular complexity index is 1640. The molecule has 0 aliphatic heterocycles. The van der Waals surface area contributed by atoms with Gasteiger partial charge in [-0.15, -0.1) is 0 Å². The third kappa shape index (κ3) is 64.5. The Morgan fingerprint density at radius 1 is 0.266 bits per heavy atom. The van der Waals surface area contributed by atoms with Crippen molar-refractivity contribution < 1.29 is 28.6 Å². The highest BCUT2D eigenvalue weighted by Crippen LogP contribution is 2.16. The van der Waals surface area contributed by atoms with Crippen LogP contribution in [0.1, 0.15) is 303 Å². The van der Waals surface area contributed by atoms with E-state index in [1.165, 1.54) is 122 Å². The average Bonchev–Trinajstić information content (AvgIpc) is 3.45. The van der Waals surface area contributed by atoms with Crippen LogP contribution in [0.2, 0.25) is 0 Å². The fourth-order valence-corrected chi connectivity index (χ4v) is 9.04. The molecule has 6 heteroatoms. The predicted octanol–water partition coefficient (Wildman–Crippen LogP) is 22.8. The molecule has 450 valence electrons. The molecule has 0 aromatic carbocycles. The molecular weight excluding hydrogens is 973 g/mol. The van der Waals surface area contributed by atoms with Gasteiger partial charge in [0.1, 0.15) is 13.2 Å². The molecule has 0 aromatic heterocycles. The van der Waals surface area contributed by atoms with Crippen LogP contribution in [-0.2, 0) is 28.6 Å².